The van der Waals surface area contributed by atoms with E-state index in [0.717, 1.165) is 0 Å². The summed E-state index contributed by atoms with van der Waals surface area (Å²) in [4.78, 5) is 22.6. The van der Waals surface area contributed by atoms with Crippen LogP contribution >= 0.6 is 0 Å². The maximum Gasteiger partial charge on any atom is 0.419 e. The molecule has 3 N–H and O–H groups in total. The molecule has 1 heterocycles. The summed E-state index contributed by atoms with van der Waals surface area (Å²) in [6.45, 7) is 3.12. The smallest absolute Gasteiger partial charge is 0.419 e. The van der Waals surface area contributed by atoms with Gasteiger partial charge in [0, 0.05) is 13.1 Å². The first kappa shape index (κ1) is 13.4. The number of fused-ring (bicyclic) bond motifs is 1. The second-order valence-electron chi connectivity index (χ2n) is 5.16. The Morgan fingerprint density at radius 1 is 1.47 bits per heavy atom. The van der Waals surface area contributed by atoms with Crippen LogP contribution in [0.25, 0.3) is 11.1 Å². The predicted octanol–water partition coefficient (Wildman–Crippen LogP) is 1.24. The van der Waals surface area contributed by atoms with Gasteiger partial charge >= 0.3 is 11.7 Å². The number of aromatic nitrogens is 1. The first-order chi connectivity index (χ1) is 8.75. The summed E-state index contributed by atoms with van der Waals surface area (Å²) in [6, 6.07) is 4.34. The van der Waals surface area contributed by atoms with Crippen LogP contribution in [0.3, 0.4) is 0 Å². The quantitative estimate of drug-likeness (QED) is 0.869. The highest BCUT2D eigenvalue weighted by molar-refractivity contribution is 5.77. The Labute approximate surface area is 109 Å². The van der Waals surface area contributed by atoms with Crippen LogP contribution in [0.15, 0.2) is 27.4 Å². The van der Waals surface area contributed by atoms with Crippen molar-refractivity contribution in [2.75, 3.05) is 0 Å². The molecule has 0 saturated heterocycles. The van der Waals surface area contributed by atoms with Crippen molar-refractivity contribution < 1.29 is 14.3 Å². The van der Waals surface area contributed by atoms with Crippen molar-refractivity contribution in [3.8, 4) is 0 Å². The molecule has 1 aromatic carbocycles. The molecule has 0 amide bonds. The van der Waals surface area contributed by atoms with Crippen molar-refractivity contribution in [1.29, 1.82) is 0 Å². The van der Waals surface area contributed by atoms with Crippen molar-refractivity contribution in [2.24, 2.45) is 18.2 Å². The van der Waals surface area contributed by atoms with Crippen LogP contribution in [0, 0.1) is 5.41 Å². The maximum absolute atomic E-state index is 11.4. The number of hydrogen-bond acceptors (Lipinski definition) is 4. The fraction of sp³-hybridized carbons (Fsp3) is 0.385. The fourth-order valence-corrected chi connectivity index (χ4v) is 1.89. The highest BCUT2D eigenvalue weighted by atomic mass is 16.4. The van der Waals surface area contributed by atoms with Crippen LogP contribution in [0.5, 0.6) is 0 Å². The van der Waals surface area contributed by atoms with Gasteiger partial charge in [0.2, 0.25) is 0 Å². The summed E-state index contributed by atoms with van der Waals surface area (Å²) in [7, 11) is 1.61. The molecule has 19 heavy (non-hydrogen) atoms. The Morgan fingerprint density at radius 3 is 2.68 bits per heavy atom. The van der Waals surface area contributed by atoms with E-state index in [0.29, 0.717) is 16.7 Å². The van der Waals surface area contributed by atoms with Crippen molar-refractivity contribution in [3.05, 3.63) is 34.3 Å². The molecule has 0 radical (unpaired) electrons. The van der Waals surface area contributed by atoms with Gasteiger partial charge in [0.05, 0.1) is 10.9 Å². The number of nitrogens with zero attached hydrogens (tertiary/aromatic N) is 1. The summed E-state index contributed by atoms with van der Waals surface area (Å²) >= 11 is 0. The average Bonchev–Trinajstić information content (AvgIpc) is 2.63. The topological polar surface area (TPSA) is 98.5 Å². The van der Waals surface area contributed by atoms with Crippen LogP contribution < -0.4 is 11.5 Å². The lowest BCUT2D eigenvalue weighted by atomic mass is 9.81. The van der Waals surface area contributed by atoms with E-state index in [-0.39, 0.29) is 0 Å². The summed E-state index contributed by atoms with van der Waals surface area (Å²) in [5.74, 6) is -1.44. The SMILES string of the molecule is Cn1c(=O)oc2cc(C(N)C(C)(C)C(=O)O)ccc21. The van der Waals surface area contributed by atoms with Crippen LogP contribution in [0.2, 0.25) is 0 Å². The summed E-state index contributed by atoms with van der Waals surface area (Å²) in [6.07, 6.45) is 0. The lowest BCUT2D eigenvalue weighted by molar-refractivity contribution is -0.148. The third-order valence-electron chi connectivity index (χ3n) is 3.50. The molecule has 0 spiro atoms. The number of nitrogens with two attached hydrogens (primary N) is 1. The third kappa shape index (κ3) is 2.04. The van der Waals surface area contributed by atoms with Crippen LogP contribution in [-0.4, -0.2) is 15.6 Å². The van der Waals surface area contributed by atoms with Gasteiger partial charge in [0.25, 0.3) is 0 Å². The minimum absolute atomic E-state index is 0.404. The Kier molecular flexibility index (Phi) is 2.98. The maximum atomic E-state index is 11.4. The van der Waals surface area contributed by atoms with Crippen LogP contribution in [0.4, 0.5) is 0 Å². The number of carboxylic acid groups (broad SMARTS) is 1. The molecule has 1 unspecified atom stereocenters. The fourth-order valence-electron chi connectivity index (χ4n) is 1.89. The molecule has 6 heteroatoms. The number of hydrogen-bond donors (Lipinski definition) is 2. The first-order valence-corrected chi connectivity index (χ1v) is 5.83. The number of benzene rings is 1. The molecule has 1 atom stereocenters. The van der Waals surface area contributed by atoms with Gasteiger partial charge in [-0.3, -0.25) is 9.36 Å². The summed E-state index contributed by atoms with van der Waals surface area (Å²) < 4.78 is 6.45. The molecule has 0 aliphatic rings. The van der Waals surface area contributed by atoms with E-state index in [2.05, 4.69) is 0 Å². The number of aliphatic carboxylic acids is 1. The van der Waals surface area contributed by atoms with Gasteiger partial charge in [-0.05, 0) is 31.5 Å². The Morgan fingerprint density at radius 2 is 2.11 bits per heavy atom. The number of aryl methyl sites for hydroxylation is 1. The zero-order chi connectivity index (χ0) is 14.4. The Bertz CT molecular complexity index is 696. The van der Waals surface area contributed by atoms with E-state index in [1.807, 2.05) is 0 Å². The van der Waals surface area contributed by atoms with E-state index in [1.54, 1.807) is 39.1 Å². The van der Waals surface area contributed by atoms with Gasteiger partial charge < -0.3 is 15.3 Å². The standard InChI is InChI=1S/C13H16N2O4/c1-13(2,11(16)17)10(14)7-4-5-8-9(6-7)19-12(18)15(8)3/h4-6,10H,14H2,1-3H3,(H,16,17). The lowest BCUT2D eigenvalue weighted by Gasteiger charge is -2.27. The Balaban J connectivity index is 2.53. The van der Waals surface area contributed by atoms with Gasteiger partial charge in [-0.1, -0.05) is 6.07 Å². The summed E-state index contributed by atoms with van der Waals surface area (Å²) in [5, 5.41) is 9.18. The zero-order valence-corrected chi connectivity index (χ0v) is 11.0. The van der Waals surface area contributed by atoms with Crippen LogP contribution in [-0.2, 0) is 11.8 Å². The largest absolute Gasteiger partial charge is 0.481 e. The molecule has 102 valence electrons. The summed E-state index contributed by atoms with van der Waals surface area (Å²) in [5.41, 5.74) is 6.57. The second-order valence-corrected chi connectivity index (χ2v) is 5.16. The molecule has 0 aliphatic carbocycles. The number of carbonyl (C=O) groups is 1. The minimum Gasteiger partial charge on any atom is -0.481 e. The first-order valence-electron chi connectivity index (χ1n) is 5.83. The minimum atomic E-state index is -1.11. The molecule has 6 nitrogen and oxygen atoms in total. The van der Waals surface area contributed by atoms with Gasteiger partial charge in [0.15, 0.2) is 5.58 Å². The van der Waals surface area contributed by atoms with Crippen molar-refractivity contribution in [3.63, 3.8) is 0 Å². The van der Waals surface area contributed by atoms with E-state index < -0.39 is 23.2 Å². The van der Waals surface area contributed by atoms with Gasteiger partial charge in [-0.15, -0.1) is 0 Å². The van der Waals surface area contributed by atoms with E-state index in [4.69, 9.17) is 10.2 Å². The molecule has 2 rings (SSSR count). The molecule has 0 bridgehead atoms. The molecular formula is C13H16N2O4. The normalized spacial score (nSPS) is 13.7. The van der Waals surface area contributed by atoms with E-state index in [1.165, 1.54) is 4.57 Å². The number of rotatable bonds is 3. The third-order valence-corrected chi connectivity index (χ3v) is 3.50. The molecule has 0 fully saturated rings. The second kappa shape index (κ2) is 4.24. The van der Waals surface area contributed by atoms with Crippen molar-refractivity contribution in [1.82, 2.24) is 4.57 Å². The van der Waals surface area contributed by atoms with E-state index in [9.17, 15) is 14.7 Å². The Hall–Kier alpha value is -2.08. The number of oxazole rings is 1. The van der Waals surface area contributed by atoms with Gasteiger partial charge in [-0.2, -0.15) is 0 Å². The predicted molar refractivity (Wildman–Crippen MR) is 69.8 cm³/mol. The van der Waals surface area contributed by atoms with Crippen molar-refractivity contribution in [2.45, 2.75) is 19.9 Å². The molecular weight excluding hydrogens is 248 g/mol. The highest BCUT2D eigenvalue weighted by Gasteiger charge is 2.35. The lowest BCUT2D eigenvalue weighted by Crippen LogP contribution is -2.36. The number of carboxylic acids is 1. The van der Waals surface area contributed by atoms with Crippen LogP contribution in [0.1, 0.15) is 25.5 Å². The van der Waals surface area contributed by atoms with E-state index >= 15 is 0 Å². The highest BCUT2D eigenvalue weighted by Crippen LogP contribution is 2.32. The zero-order valence-electron chi connectivity index (χ0n) is 11.0. The van der Waals surface area contributed by atoms with Gasteiger partial charge in [0.1, 0.15) is 0 Å². The molecule has 0 aliphatic heterocycles. The molecule has 1 aromatic heterocycles. The van der Waals surface area contributed by atoms with Gasteiger partial charge in [-0.25, -0.2) is 4.79 Å². The van der Waals surface area contributed by atoms with Crippen molar-refractivity contribution >= 4 is 17.1 Å². The average molecular weight is 264 g/mol. The molecule has 2 aromatic rings. The molecule has 0 saturated carbocycles. The monoisotopic (exact) mass is 264 g/mol.